The molecule has 0 atom stereocenters. The molecule has 9 heteroatoms. The number of benzene rings is 3. The topological polar surface area (TPSA) is 122 Å². The SMILES string of the molecule is Cc1cc(C#N)ccc1Oc1ccc(CC(=O)Nc2ccc(S(N)(=O)=O)cc2Cl)c(C)c1C. The number of hydrogen-bond donors (Lipinski definition) is 2. The molecule has 0 saturated heterocycles. The second-order valence-electron chi connectivity index (χ2n) is 7.58. The molecule has 0 fully saturated rings. The number of carbonyl (C=O) groups excluding carboxylic acids is 1. The molecule has 170 valence electrons. The third-order valence-electron chi connectivity index (χ3n) is 5.27. The van der Waals surface area contributed by atoms with E-state index in [1.807, 2.05) is 26.8 Å². The van der Waals surface area contributed by atoms with Crippen molar-refractivity contribution in [1.82, 2.24) is 0 Å². The Balaban J connectivity index is 1.75. The van der Waals surface area contributed by atoms with Crippen LogP contribution in [0.4, 0.5) is 5.69 Å². The summed E-state index contributed by atoms with van der Waals surface area (Å²) in [4.78, 5) is 12.5. The van der Waals surface area contributed by atoms with Gasteiger partial charge in [0.1, 0.15) is 11.5 Å². The van der Waals surface area contributed by atoms with E-state index < -0.39 is 10.0 Å². The lowest BCUT2D eigenvalue weighted by atomic mass is 9.99. The van der Waals surface area contributed by atoms with Gasteiger partial charge in [0.2, 0.25) is 15.9 Å². The van der Waals surface area contributed by atoms with Gasteiger partial charge in [0, 0.05) is 0 Å². The lowest BCUT2D eigenvalue weighted by Crippen LogP contribution is -2.16. The number of carbonyl (C=O) groups is 1. The second-order valence-corrected chi connectivity index (χ2v) is 9.55. The molecule has 0 bridgehead atoms. The summed E-state index contributed by atoms with van der Waals surface area (Å²) in [5.74, 6) is 1.00. The minimum atomic E-state index is -3.89. The molecule has 3 rings (SSSR count). The maximum absolute atomic E-state index is 12.6. The largest absolute Gasteiger partial charge is 0.457 e. The van der Waals surface area contributed by atoms with Crippen molar-refractivity contribution in [2.24, 2.45) is 5.14 Å². The van der Waals surface area contributed by atoms with Gasteiger partial charge in [-0.25, -0.2) is 13.6 Å². The monoisotopic (exact) mass is 483 g/mol. The number of rotatable bonds is 6. The molecule has 3 aromatic rings. The summed E-state index contributed by atoms with van der Waals surface area (Å²) < 4.78 is 28.9. The van der Waals surface area contributed by atoms with E-state index >= 15 is 0 Å². The molecule has 3 N–H and O–H groups in total. The zero-order chi connectivity index (χ0) is 24.3. The Bertz CT molecular complexity index is 1400. The van der Waals surface area contributed by atoms with E-state index in [2.05, 4.69) is 11.4 Å². The number of nitrogens with two attached hydrogens (primary N) is 1. The van der Waals surface area contributed by atoms with Gasteiger partial charge in [-0.3, -0.25) is 4.79 Å². The highest BCUT2D eigenvalue weighted by atomic mass is 35.5. The number of nitrogens with one attached hydrogen (secondary N) is 1. The van der Waals surface area contributed by atoms with E-state index in [0.29, 0.717) is 22.7 Å². The van der Waals surface area contributed by atoms with E-state index in [9.17, 15) is 13.2 Å². The van der Waals surface area contributed by atoms with E-state index in [4.69, 9.17) is 26.7 Å². The fraction of sp³-hybridized carbons (Fsp3) is 0.167. The highest BCUT2D eigenvalue weighted by Crippen LogP contribution is 2.31. The maximum Gasteiger partial charge on any atom is 0.238 e. The van der Waals surface area contributed by atoms with Crippen LogP contribution in [-0.4, -0.2) is 14.3 Å². The molecule has 3 aromatic carbocycles. The van der Waals surface area contributed by atoms with Crippen molar-refractivity contribution in [1.29, 1.82) is 5.26 Å². The Hall–Kier alpha value is -3.38. The van der Waals surface area contributed by atoms with Crippen LogP contribution in [0.1, 0.15) is 27.8 Å². The van der Waals surface area contributed by atoms with Gasteiger partial charge in [-0.1, -0.05) is 17.7 Å². The molecule has 0 unspecified atom stereocenters. The van der Waals surface area contributed by atoms with Gasteiger partial charge >= 0.3 is 0 Å². The molecule has 33 heavy (non-hydrogen) atoms. The molecular weight excluding hydrogens is 462 g/mol. The molecule has 0 aliphatic rings. The van der Waals surface area contributed by atoms with Crippen molar-refractivity contribution in [3.8, 4) is 17.6 Å². The number of hydrogen-bond acceptors (Lipinski definition) is 5. The van der Waals surface area contributed by atoms with Crippen LogP contribution in [0, 0.1) is 32.1 Å². The van der Waals surface area contributed by atoms with Gasteiger partial charge in [0.15, 0.2) is 0 Å². The third kappa shape index (κ3) is 5.71. The van der Waals surface area contributed by atoms with Crippen molar-refractivity contribution in [3.05, 3.63) is 81.4 Å². The van der Waals surface area contributed by atoms with Crippen LogP contribution >= 0.6 is 11.6 Å². The average molecular weight is 484 g/mol. The van der Waals surface area contributed by atoms with Crippen LogP contribution in [0.5, 0.6) is 11.5 Å². The maximum atomic E-state index is 12.6. The smallest absolute Gasteiger partial charge is 0.238 e. The number of ether oxygens (including phenoxy) is 1. The van der Waals surface area contributed by atoms with Gasteiger partial charge in [0.05, 0.1) is 33.7 Å². The predicted molar refractivity (Wildman–Crippen MR) is 127 cm³/mol. The number of nitriles is 1. The summed E-state index contributed by atoms with van der Waals surface area (Å²) in [5.41, 5.74) is 4.31. The van der Waals surface area contributed by atoms with Crippen LogP contribution in [-0.2, 0) is 21.2 Å². The first-order valence-corrected chi connectivity index (χ1v) is 11.8. The second kappa shape index (κ2) is 9.63. The fourth-order valence-corrected chi connectivity index (χ4v) is 4.08. The Morgan fingerprint density at radius 1 is 1.06 bits per heavy atom. The molecule has 7 nitrogen and oxygen atoms in total. The van der Waals surface area contributed by atoms with Crippen LogP contribution < -0.4 is 15.2 Å². The molecular formula is C24H22ClN3O4S. The molecule has 0 heterocycles. The Morgan fingerprint density at radius 3 is 2.36 bits per heavy atom. The lowest BCUT2D eigenvalue weighted by molar-refractivity contribution is -0.115. The van der Waals surface area contributed by atoms with Crippen molar-refractivity contribution < 1.29 is 17.9 Å². The normalized spacial score (nSPS) is 11.0. The molecule has 1 amide bonds. The van der Waals surface area contributed by atoms with Crippen LogP contribution in [0.15, 0.2) is 53.4 Å². The van der Waals surface area contributed by atoms with Gasteiger partial charge in [0.25, 0.3) is 0 Å². The van der Waals surface area contributed by atoms with Crippen molar-refractivity contribution in [2.45, 2.75) is 32.1 Å². The van der Waals surface area contributed by atoms with Crippen LogP contribution in [0.3, 0.4) is 0 Å². The van der Waals surface area contributed by atoms with E-state index in [1.54, 1.807) is 24.3 Å². The zero-order valence-corrected chi connectivity index (χ0v) is 19.8. The number of aryl methyl sites for hydroxylation is 1. The van der Waals surface area contributed by atoms with Crippen molar-refractivity contribution in [2.75, 3.05) is 5.32 Å². The molecule has 0 radical (unpaired) electrons. The first-order valence-electron chi connectivity index (χ1n) is 9.89. The first-order chi connectivity index (χ1) is 15.5. The Labute approximate surface area is 197 Å². The number of halogens is 1. The molecule has 0 saturated carbocycles. The predicted octanol–water partition coefficient (Wildman–Crippen LogP) is 4.76. The van der Waals surface area contributed by atoms with Gasteiger partial charge in [-0.05, 0) is 85.5 Å². The Kier molecular flexibility index (Phi) is 7.08. The minimum absolute atomic E-state index is 0.0734. The summed E-state index contributed by atoms with van der Waals surface area (Å²) in [6.07, 6.45) is 0.0934. The summed E-state index contributed by atoms with van der Waals surface area (Å²) >= 11 is 6.10. The number of primary sulfonamides is 1. The number of nitrogens with zero attached hydrogens (tertiary/aromatic N) is 1. The van der Waals surface area contributed by atoms with Gasteiger partial charge in [-0.2, -0.15) is 5.26 Å². The molecule has 0 aromatic heterocycles. The summed E-state index contributed by atoms with van der Waals surface area (Å²) in [6.45, 7) is 5.69. The molecule has 0 spiro atoms. The first kappa shape index (κ1) is 24.3. The minimum Gasteiger partial charge on any atom is -0.457 e. The standard InChI is InChI=1S/C24H22ClN3O4S/c1-14-10-17(13-26)4-8-22(14)32-23-9-5-18(15(2)16(23)3)11-24(29)28-21-7-6-19(12-20(21)25)33(27,30)31/h4-10,12H,11H2,1-3H3,(H,28,29)(H2,27,30,31). The van der Waals surface area contributed by atoms with E-state index in [-0.39, 0.29) is 22.2 Å². The molecule has 0 aliphatic heterocycles. The summed E-state index contributed by atoms with van der Waals surface area (Å²) in [5, 5.41) is 16.9. The third-order valence-corrected chi connectivity index (χ3v) is 6.49. The fourth-order valence-electron chi connectivity index (χ4n) is 3.25. The van der Waals surface area contributed by atoms with Gasteiger partial charge < -0.3 is 10.1 Å². The van der Waals surface area contributed by atoms with Crippen molar-refractivity contribution in [3.63, 3.8) is 0 Å². The molecule has 0 aliphatic carbocycles. The van der Waals surface area contributed by atoms with Crippen LogP contribution in [0.25, 0.3) is 0 Å². The van der Waals surface area contributed by atoms with Crippen LogP contribution in [0.2, 0.25) is 5.02 Å². The lowest BCUT2D eigenvalue weighted by Gasteiger charge is -2.16. The number of amides is 1. The zero-order valence-electron chi connectivity index (χ0n) is 18.3. The average Bonchev–Trinajstić information content (AvgIpc) is 2.75. The number of anilines is 1. The van der Waals surface area contributed by atoms with E-state index in [0.717, 1.165) is 22.3 Å². The van der Waals surface area contributed by atoms with E-state index in [1.165, 1.54) is 18.2 Å². The highest BCUT2D eigenvalue weighted by Gasteiger charge is 2.15. The highest BCUT2D eigenvalue weighted by molar-refractivity contribution is 7.89. The quantitative estimate of drug-likeness (QED) is 0.523. The van der Waals surface area contributed by atoms with Crippen molar-refractivity contribution >= 4 is 33.2 Å². The summed E-state index contributed by atoms with van der Waals surface area (Å²) in [6, 6.07) is 14.8. The number of sulfonamides is 1. The van der Waals surface area contributed by atoms with Gasteiger partial charge in [-0.15, -0.1) is 0 Å². The summed E-state index contributed by atoms with van der Waals surface area (Å²) in [7, 11) is -3.89. The Morgan fingerprint density at radius 2 is 1.76 bits per heavy atom.